The molecule has 6 rings (SSSR count). The van der Waals surface area contributed by atoms with E-state index in [-0.39, 0.29) is 21.7 Å². The summed E-state index contributed by atoms with van der Waals surface area (Å²) in [5.41, 5.74) is 3.28. The normalized spacial score (nSPS) is 9.59. The predicted octanol–water partition coefficient (Wildman–Crippen LogP) is 8.54. The molecule has 0 N–H and O–H groups in total. The minimum absolute atomic E-state index is 0. The Bertz CT molecular complexity index is 1340. The molecule has 0 saturated carbocycles. The molecule has 0 aliphatic rings. The minimum atomic E-state index is -0.687. The maximum absolute atomic E-state index is 13.1. The zero-order chi connectivity index (χ0) is 27.3. The largest absolute Gasteiger partial charge is 4.00 e. The summed E-state index contributed by atoms with van der Waals surface area (Å²) in [5.74, 6) is -2.74. The molecule has 0 saturated heterocycles. The molecule has 39 heavy (non-hydrogen) atoms. The monoisotopic (exact) mass is 562 g/mol. The van der Waals surface area contributed by atoms with Gasteiger partial charge in [-0.3, -0.25) is 0 Å². The van der Waals surface area contributed by atoms with Gasteiger partial charge >= 0.3 is 21.7 Å². The molecule has 2 aromatic heterocycles. The molecule has 7 heteroatoms. The molecule has 0 fully saturated rings. The van der Waals surface area contributed by atoms with Crippen LogP contribution in [0.4, 0.5) is 17.6 Å². The topological polar surface area (TPSA) is 9.86 Å². The number of aryl methyl sites for hydroxylation is 2. The van der Waals surface area contributed by atoms with Gasteiger partial charge in [-0.15, -0.1) is 36.4 Å². The summed E-state index contributed by atoms with van der Waals surface area (Å²) in [6, 6.07) is 32.6. The number of halogens is 4. The van der Waals surface area contributed by atoms with Crippen molar-refractivity contribution in [3.8, 4) is 11.4 Å². The summed E-state index contributed by atoms with van der Waals surface area (Å²) >= 11 is 0. The minimum Gasteiger partial charge on any atom is -0.375 e. The fourth-order valence-corrected chi connectivity index (χ4v) is 3.20. The Morgan fingerprint density at radius 2 is 0.821 bits per heavy atom. The van der Waals surface area contributed by atoms with Crippen LogP contribution in [0.25, 0.3) is 11.4 Å². The maximum Gasteiger partial charge on any atom is 4.00 e. The molecule has 4 aromatic carbocycles. The van der Waals surface area contributed by atoms with Crippen molar-refractivity contribution in [2.75, 3.05) is 0 Å². The van der Waals surface area contributed by atoms with Crippen molar-refractivity contribution in [1.29, 1.82) is 0 Å². The number of nitrogens with zero attached hydrogens (tertiary/aromatic N) is 2. The molecule has 0 spiro atoms. The molecule has 196 valence electrons. The first kappa shape index (κ1) is 31.4. The summed E-state index contributed by atoms with van der Waals surface area (Å²) in [6.45, 7) is 4.17. The van der Waals surface area contributed by atoms with Crippen LogP contribution in [0.15, 0.2) is 122 Å². The third-order valence-electron chi connectivity index (χ3n) is 5.11. The van der Waals surface area contributed by atoms with Crippen molar-refractivity contribution < 1.29 is 39.3 Å². The van der Waals surface area contributed by atoms with Crippen LogP contribution in [0.1, 0.15) is 11.1 Å². The van der Waals surface area contributed by atoms with Crippen LogP contribution in [0, 0.1) is 49.2 Å². The number of hydrogen-bond donors (Lipinski definition) is 0. The molecule has 0 aliphatic heterocycles. The van der Waals surface area contributed by atoms with Gasteiger partial charge in [-0.1, -0.05) is 13.8 Å². The van der Waals surface area contributed by atoms with Crippen molar-refractivity contribution in [2.45, 2.75) is 13.8 Å². The van der Waals surface area contributed by atoms with Gasteiger partial charge in [-0.25, -0.2) is 41.8 Å². The van der Waals surface area contributed by atoms with Crippen LogP contribution >= 0.6 is 0 Å². The zero-order valence-corrected chi connectivity index (χ0v) is 23.0. The first-order valence-corrected chi connectivity index (χ1v) is 11.7. The summed E-state index contributed by atoms with van der Waals surface area (Å²) < 4.78 is 54.3. The molecular weight excluding hydrogens is 536 g/mol. The maximum atomic E-state index is 13.1. The van der Waals surface area contributed by atoms with E-state index in [9.17, 15) is 17.6 Å². The molecule has 0 radical (unpaired) electrons. The van der Waals surface area contributed by atoms with Gasteiger partial charge in [-0.2, -0.15) is 35.4 Å². The Hall–Kier alpha value is -3.87. The van der Waals surface area contributed by atoms with E-state index in [2.05, 4.69) is 38.1 Å². The van der Waals surface area contributed by atoms with Crippen molar-refractivity contribution in [1.82, 2.24) is 9.13 Å². The average Bonchev–Trinajstić information content (AvgIpc) is 3.70. The molecule has 2 heterocycles. The average molecular weight is 562 g/mol. The molecule has 0 amide bonds. The summed E-state index contributed by atoms with van der Waals surface area (Å²) in [5, 5.41) is 0. The molecule has 6 aromatic rings. The van der Waals surface area contributed by atoms with Crippen molar-refractivity contribution in [3.05, 3.63) is 168 Å². The quantitative estimate of drug-likeness (QED) is 0.114. The Morgan fingerprint density at radius 3 is 1.05 bits per heavy atom. The Labute approximate surface area is 241 Å². The van der Waals surface area contributed by atoms with Gasteiger partial charge in [0.15, 0.2) is 0 Å². The molecule has 0 unspecified atom stereocenters. The van der Waals surface area contributed by atoms with Crippen molar-refractivity contribution in [3.63, 3.8) is 0 Å². The van der Waals surface area contributed by atoms with E-state index in [0.29, 0.717) is 11.4 Å². The van der Waals surface area contributed by atoms with Gasteiger partial charge in [0, 0.05) is 23.3 Å². The van der Waals surface area contributed by atoms with E-state index in [0.717, 1.165) is 0 Å². The molecule has 0 aliphatic carbocycles. The Morgan fingerprint density at radius 1 is 0.513 bits per heavy atom. The summed E-state index contributed by atoms with van der Waals surface area (Å²) in [4.78, 5) is 0. The van der Waals surface area contributed by atoms with E-state index in [1.165, 1.54) is 35.4 Å². The Balaban J connectivity index is 0.000000192. The molecule has 2 nitrogen and oxygen atoms in total. The molecular formula is C32H26F4N2Ti. The number of aromatic nitrogens is 2. The van der Waals surface area contributed by atoms with Crippen LogP contribution in [0.3, 0.4) is 0 Å². The van der Waals surface area contributed by atoms with Gasteiger partial charge in [0.05, 0.1) is 0 Å². The number of hydrogen-bond acceptors (Lipinski definition) is 0. The first-order valence-electron chi connectivity index (χ1n) is 11.7. The zero-order valence-electron chi connectivity index (χ0n) is 21.5. The van der Waals surface area contributed by atoms with E-state index in [4.69, 9.17) is 0 Å². The van der Waals surface area contributed by atoms with Crippen molar-refractivity contribution >= 4 is 0 Å². The smallest absolute Gasteiger partial charge is 0.375 e. The second-order valence-electron chi connectivity index (χ2n) is 8.12. The standard InChI is InChI=1S/2C10H6F2N.2C6H7.Ti/c2*11-8-3-4-10(9(12)7-8)13-5-1-2-6-13;2*1-6-4-2-3-5-6;/h2*1-6H;2*2-5H,1H3;/q4*-1;+4. The number of rotatable bonds is 2. The molecule has 0 atom stereocenters. The van der Waals surface area contributed by atoms with Crippen LogP contribution in [-0.2, 0) is 21.7 Å². The SMILES string of the molecule is C[c-]1cccc1.C[c-]1cccc1.Fc1[c-]c(F)c(-n2cccc2)cc1.Fc1[c-]c(F)c(-n2cccc2)cc1.[Ti+4]. The van der Waals surface area contributed by atoms with E-state index in [1.807, 2.05) is 36.4 Å². The molecule has 0 bridgehead atoms. The van der Waals surface area contributed by atoms with Gasteiger partial charge in [-0.05, 0) is 60.4 Å². The third kappa shape index (κ3) is 10.4. The second kappa shape index (κ2) is 16.2. The summed E-state index contributed by atoms with van der Waals surface area (Å²) in [6.07, 6.45) is 6.74. The fraction of sp³-hybridized carbons (Fsp3) is 0.0625. The van der Waals surface area contributed by atoms with Crippen LogP contribution < -0.4 is 0 Å². The van der Waals surface area contributed by atoms with Crippen LogP contribution in [0.5, 0.6) is 0 Å². The van der Waals surface area contributed by atoms with Crippen molar-refractivity contribution in [2.24, 2.45) is 0 Å². The summed E-state index contributed by atoms with van der Waals surface area (Å²) in [7, 11) is 0. The van der Waals surface area contributed by atoms with Gasteiger partial charge in [0.2, 0.25) is 0 Å². The van der Waals surface area contributed by atoms with E-state index in [1.54, 1.807) is 58.2 Å². The fourth-order valence-electron chi connectivity index (χ4n) is 3.20. The third-order valence-corrected chi connectivity index (χ3v) is 5.11. The first-order chi connectivity index (χ1) is 18.3. The predicted molar refractivity (Wildman–Crippen MR) is 143 cm³/mol. The number of benzene rings is 2. The van der Waals surface area contributed by atoms with Gasteiger partial charge in [0.25, 0.3) is 0 Å². The van der Waals surface area contributed by atoms with Gasteiger partial charge < -0.3 is 9.13 Å². The van der Waals surface area contributed by atoms with Gasteiger partial charge in [0.1, 0.15) is 0 Å². The second-order valence-corrected chi connectivity index (χ2v) is 8.12. The van der Waals surface area contributed by atoms with Crippen LogP contribution in [-0.4, -0.2) is 9.13 Å². The van der Waals surface area contributed by atoms with E-state index < -0.39 is 23.3 Å². The van der Waals surface area contributed by atoms with E-state index >= 15 is 0 Å². The van der Waals surface area contributed by atoms with Crippen LogP contribution in [0.2, 0.25) is 0 Å². The Kier molecular flexibility index (Phi) is 13.0.